The van der Waals surface area contributed by atoms with Gasteiger partial charge in [0.2, 0.25) is 5.88 Å². The Balaban J connectivity index is 1.65. The van der Waals surface area contributed by atoms with E-state index in [2.05, 4.69) is 23.2 Å². The highest BCUT2D eigenvalue weighted by Crippen LogP contribution is 2.21. The first kappa shape index (κ1) is 15.0. The number of hydrogen-bond acceptors (Lipinski definition) is 3. The van der Waals surface area contributed by atoms with Crippen molar-refractivity contribution in [3.63, 3.8) is 0 Å². The fourth-order valence-corrected chi connectivity index (χ4v) is 2.37. The lowest BCUT2D eigenvalue weighted by Gasteiger charge is -2.09. The molecule has 1 aromatic heterocycles. The number of carboxylic acid groups (broad SMARTS) is 1. The highest BCUT2D eigenvalue weighted by molar-refractivity contribution is 5.88. The molecule has 0 radical (unpaired) electrons. The van der Waals surface area contributed by atoms with Crippen molar-refractivity contribution in [1.29, 1.82) is 0 Å². The Morgan fingerprint density at radius 2 is 1.87 bits per heavy atom. The fraction of sp³-hybridized carbons (Fsp3) is 0.158. The van der Waals surface area contributed by atoms with Crippen LogP contribution in [0.4, 0.5) is 0 Å². The molecule has 4 heteroatoms. The van der Waals surface area contributed by atoms with Gasteiger partial charge < -0.3 is 9.84 Å². The molecule has 116 valence electrons. The van der Waals surface area contributed by atoms with Crippen LogP contribution in [0.25, 0.3) is 11.1 Å². The van der Waals surface area contributed by atoms with Crippen molar-refractivity contribution in [2.24, 2.45) is 0 Å². The third-order valence-corrected chi connectivity index (χ3v) is 3.66. The van der Waals surface area contributed by atoms with Gasteiger partial charge in [-0.05, 0) is 42.2 Å². The summed E-state index contributed by atoms with van der Waals surface area (Å²) in [6.45, 7) is 0.524. The summed E-state index contributed by atoms with van der Waals surface area (Å²) >= 11 is 0. The van der Waals surface area contributed by atoms with E-state index in [-0.39, 0.29) is 5.56 Å². The van der Waals surface area contributed by atoms with Crippen LogP contribution in [0.5, 0.6) is 5.88 Å². The Morgan fingerprint density at radius 1 is 1.09 bits per heavy atom. The standard InChI is InChI=1S/C19H17NO3/c21-19(22)16-8-6-15(7-9-16)17-10-11-18(20-12-17)23-13-14-4-2-1-3-5-14/h2,4-12H,1,3,13H2,(H,21,22). The van der Waals surface area contributed by atoms with Gasteiger partial charge in [0.05, 0.1) is 5.56 Å². The second-order valence-corrected chi connectivity index (χ2v) is 5.32. The Kier molecular flexibility index (Phi) is 4.52. The molecular formula is C19H17NO3. The molecule has 0 saturated carbocycles. The van der Waals surface area contributed by atoms with E-state index in [1.54, 1.807) is 30.5 Å². The zero-order chi connectivity index (χ0) is 16.1. The second-order valence-electron chi connectivity index (χ2n) is 5.32. The van der Waals surface area contributed by atoms with Gasteiger partial charge in [0.1, 0.15) is 6.61 Å². The summed E-state index contributed by atoms with van der Waals surface area (Å²) in [4.78, 5) is 15.2. The largest absolute Gasteiger partial charge is 0.478 e. The molecule has 2 aromatic rings. The predicted octanol–water partition coefficient (Wildman–Crippen LogP) is 4.10. The quantitative estimate of drug-likeness (QED) is 0.903. The van der Waals surface area contributed by atoms with Crippen LogP contribution in [-0.4, -0.2) is 22.7 Å². The van der Waals surface area contributed by atoms with Crippen LogP contribution >= 0.6 is 0 Å². The SMILES string of the molecule is O=C(O)c1ccc(-c2ccc(OCC3=CCCC=C3)nc2)cc1. The van der Waals surface area contributed by atoms with Gasteiger partial charge in [-0.1, -0.05) is 30.4 Å². The van der Waals surface area contributed by atoms with Crippen LogP contribution in [0.3, 0.4) is 0 Å². The highest BCUT2D eigenvalue weighted by Gasteiger charge is 2.05. The van der Waals surface area contributed by atoms with Gasteiger partial charge in [0.25, 0.3) is 0 Å². The van der Waals surface area contributed by atoms with Crippen LogP contribution in [0, 0.1) is 0 Å². The first-order valence-electron chi connectivity index (χ1n) is 7.50. The Morgan fingerprint density at radius 3 is 2.48 bits per heavy atom. The maximum atomic E-state index is 10.9. The maximum absolute atomic E-state index is 10.9. The number of ether oxygens (including phenoxy) is 1. The fourth-order valence-electron chi connectivity index (χ4n) is 2.37. The third kappa shape index (κ3) is 3.86. The number of aromatic carboxylic acids is 1. The topological polar surface area (TPSA) is 59.4 Å². The van der Waals surface area contributed by atoms with E-state index in [4.69, 9.17) is 9.84 Å². The van der Waals surface area contributed by atoms with Gasteiger partial charge in [0.15, 0.2) is 0 Å². The maximum Gasteiger partial charge on any atom is 0.335 e. The van der Waals surface area contributed by atoms with Crippen molar-refractivity contribution in [1.82, 2.24) is 4.98 Å². The second kappa shape index (κ2) is 6.92. The van der Waals surface area contributed by atoms with Crippen LogP contribution < -0.4 is 4.74 Å². The minimum absolute atomic E-state index is 0.274. The molecule has 0 unspecified atom stereocenters. The molecule has 0 spiro atoms. The molecule has 0 atom stereocenters. The average molecular weight is 307 g/mol. The van der Waals surface area contributed by atoms with Crippen molar-refractivity contribution in [2.75, 3.05) is 6.61 Å². The summed E-state index contributed by atoms with van der Waals surface area (Å²) in [5, 5.41) is 8.91. The summed E-state index contributed by atoms with van der Waals surface area (Å²) in [7, 11) is 0. The normalized spacial score (nSPS) is 13.5. The number of pyridine rings is 1. The lowest BCUT2D eigenvalue weighted by Crippen LogP contribution is -2.02. The number of carboxylic acids is 1. The summed E-state index contributed by atoms with van der Waals surface area (Å²) in [6, 6.07) is 10.5. The van der Waals surface area contributed by atoms with Crippen molar-refractivity contribution in [2.45, 2.75) is 12.8 Å². The molecule has 0 amide bonds. The van der Waals surface area contributed by atoms with Gasteiger partial charge in [-0.25, -0.2) is 9.78 Å². The highest BCUT2D eigenvalue weighted by atomic mass is 16.5. The average Bonchev–Trinajstić information content (AvgIpc) is 2.61. The van der Waals surface area contributed by atoms with Gasteiger partial charge >= 0.3 is 5.97 Å². The van der Waals surface area contributed by atoms with Crippen LogP contribution in [-0.2, 0) is 0 Å². The first-order chi connectivity index (χ1) is 11.2. The summed E-state index contributed by atoms with van der Waals surface area (Å²) in [5.41, 5.74) is 3.29. The lowest BCUT2D eigenvalue weighted by atomic mass is 10.1. The first-order valence-corrected chi connectivity index (χ1v) is 7.50. The molecule has 1 heterocycles. The summed E-state index contributed by atoms with van der Waals surface area (Å²) in [5.74, 6) is -0.347. The van der Waals surface area contributed by atoms with E-state index in [0.717, 1.165) is 24.0 Å². The number of carbonyl (C=O) groups is 1. The zero-order valence-corrected chi connectivity index (χ0v) is 12.6. The van der Waals surface area contributed by atoms with E-state index in [1.165, 1.54) is 5.57 Å². The number of nitrogens with zero attached hydrogens (tertiary/aromatic N) is 1. The number of rotatable bonds is 5. The summed E-state index contributed by atoms with van der Waals surface area (Å²) < 4.78 is 5.68. The van der Waals surface area contributed by atoms with Gasteiger partial charge in [-0.15, -0.1) is 0 Å². The van der Waals surface area contributed by atoms with Gasteiger partial charge in [-0.2, -0.15) is 0 Å². The monoisotopic (exact) mass is 307 g/mol. The molecule has 23 heavy (non-hydrogen) atoms. The summed E-state index contributed by atoms with van der Waals surface area (Å²) in [6.07, 6.45) is 10.3. The van der Waals surface area contributed by atoms with E-state index < -0.39 is 5.97 Å². The Bertz CT molecular complexity index is 743. The van der Waals surface area contributed by atoms with Crippen molar-refractivity contribution < 1.29 is 14.6 Å². The molecule has 0 bridgehead atoms. The zero-order valence-electron chi connectivity index (χ0n) is 12.6. The smallest absolute Gasteiger partial charge is 0.335 e. The molecule has 1 N–H and O–H groups in total. The van der Waals surface area contributed by atoms with Crippen LogP contribution in [0.1, 0.15) is 23.2 Å². The van der Waals surface area contributed by atoms with Crippen LogP contribution in [0.2, 0.25) is 0 Å². The molecule has 3 rings (SSSR count). The molecule has 4 nitrogen and oxygen atoms in total. The molecular weight excluding hydrogens is 290 g/mol. The van der Waals surface area contributed by atoms with E-state index in [9.17, 15) is 4.79 Å². The molecule has 0 fully saturated rings. The van der Waals surface area contributed by atoms with Crippen LogP contribution in [0.15, 0.2) is 66.4 Å². The minimum Gasteiger partial charge on any atom is -0.478 e. The van der Waals surface area contributed by atoms with Crippen molar-refractivity contribution >= 4 is 5.97 Å². The molecule has 1 aliphatic rings. The third-order valence-electron chi connectivity index (χ3n) is 3.66. The number of aromatic nitrogens is 1. The molecule has 1 aromatic carbocycles. The molecule has 1 aliphatic carbocycles. The molecule has 0 aliphatic heterocycles. The lowest BCUT2D eigenvalue weighted by molar-refractivity contribution is 0.0697. The number of allylic oxidation sites excluding steroid dienone is 2. The predicted molar refractivity (Wildman–Crippen MR) is 88.6 cm³/mol. The number of benzene rings is 1. The van der Waals surface area contributed by atoms with E-state index in [1.807, 2.05) is 12.1 Å². The number of hydrogen-bond donors (Lipinski definition) is 1. The van der Waals surface area contributed by atoms with Crippen molar-refractivity contribution in [3.05, 3.63) is 72.0 Å². The van der Waals surface area contributed by atoms with E-state index >= 15 is 0 Å². The Labute approximate surface area is 134 Å². The van der Waals surface area contributed by atoms with E-state index in [0.29, 0.717) is 12.5 Å². The minimum atomic E-state index is -0.926. The van der Waals surface area contributed by atoms with Gasteiger partial charge in [-0.3, -0.25) is 0 Å². The Hall–Kier alpha value is -2.88. The van der Waals surface area contributed by atoms with Gasteiger partial charge in [0, 0.05) is 17.8 Å². The van der Waals surface area contributed by atoms with Crippen molar-refractivity contribution in [3.8, 4) is 17.0 Å². The molecule has 0 saturated heterocycles.